The van der Waals surface area contributed by atoms with Crippen molar-refractivity contribution in [2.24, 2.45) is 0 Å². The lowest BCUT2D eigenvalue weighted by atomic mass is 10.1. The maximum absolute atomic E-state index is 12.4. The Labute approximate surface area is 121 Å². The number of carbonyl (C=O) groups excluding carboxylic acids is 1. The fourth-order valence-corrected chi connectivity index (χ4v) is 2.29. The average Bonchev–Trinajstić information content (AvgIpc) is 2.84. The molecule has 0 aliphatic rings. The van der Waals surface area contributed by atoms with Crippen LogP contribution in [-0.4, -0.2) is 17.8 Å². The van der Waals surface area contributed by atoms with Crippen LogP contribution in [0, 0.1) is 10.1 Å². The molecule has 0 bridgehead atoms. The van der Waals surface area contributed by atoms with Crippen LogP contribution in [0.3, 0.4) is 0 Å². The lowest BCUT2D eigenvalue weighted by Gasteiger charge is -2.07. The van der Waals surface area contributed by atoms with Crippen molar-refractivity contribution in [1.82, 2.24) is 0 Å². The largest absolute Gasteiger partial charge is 0.456 e. The molecule has 0 aliphatic carbocycles. The van der Waals surface area contributed by atoms with Crippen molar-refractivity contribution in [3.05, 3.63) is 46.0 Å². The van der Waals surface area contributed by atoms with E-state index < -0.39 is 11.5 Å². The Morgan fingerprint density at radius 2 is 1.95 bits per heavy atom. The van der Waals surface area contributed by atoms with E-state index in [0.29, 0.717) is 11.9 Å². The van der Waals surface area contributed by atoms with E-state index in [4.69, 9.17) is 4.42 Å². The number of nitro groups is 1. The molecule has 0 fully saturated rings. The summed E-state index contributed by atoms with van der Waals surface area (Å²) < 4.78 is 34.6. The van der Waals surface area contributed by atoms with Crippen molar-refractivity contribution < 1.29 is 27.7 Å². The standard InChI is InChI=1S/C14H7F2NO5/c15-14(16)22-11-3-4-12-13(9(11)6-18)8-5-7(17(19)20)1-2-10(8)21-12/h1-6,14H. The van der Waals surface area contributed by atoms with E-state index in [9.17, 15) is 23.7 Å². The van der Waals surface area contributed by atoms with E-state index >= 15 is 0 Å². The molecular formula is C14H7F2NO5. The van der Waals surface area contributed by atoms with Crippen molar-refractivity contribution in [3.8, 4) is 5.75 Å². The molecule has 0 unspecified atom stereocenters. The van der Waals surface area contributed by atoms with Gasteiger partial charge in [0.2, 0.25) is 0 Å². The first-order valence-corrected chi connectivity index (χ1v) is 6.05. The second-order valence-corrected chi connectivity index (χ2v) is 4.39. The molecule has 22 heavy (non-hydrogen) atoms. The number of aldehydes is 1. The van der Waals surface area contributed by atoms with E-state index in [0.717, 1.165) is 0 Å². The molecule has 3 rings (SSSR count). The summed E-state index contributed by atoms with van der Waals surface area (Å²) in [5.41, 5.74) is 0.210. The zero-order valence-electron chi connectivity index (χ0n) is 10.8. The van der Waals surface area contributed by atoms with Gasteiger partial charge in [-0.2, -0.15) is 8.78 Å². The summed E-state index contributed by atoms with van der Waals surface area (Å²) >= 11 is 0. The summed E-state index contributed by atoms with van der Waals surface area (Å²) in [6, 6.07) is 6.42. The second-order valence-electron chi connectivity index (χ2n) is 4.39. The number of halogens is 2. The Bertz CT molecular complexity index is 903. The molecule has 0 atom stereocenters. The molecule has 0 aliphatic heterocycles. The Balaban J connectivity index is 2.37. The smallest absolute Gasteiger partial charge is 0.387 e. The number of carbonyl (C=O) groups is 1. The average molecular weight is 307 g/mol. The predicted molar refractivity (Wildman–Crippen MR) is 72.4 cm³/mol. The monoisotopic (exact) mass is 307 g/mol. The second kappa shape index (κ2) is 5.06. The van der Waals surface area contributed by atoms with Gasteiger partial charge in [0.25, 0.3) is 5.69 Å². The van der Waals surface area contributed by atoms with Crippen molar-refractivity contribution >= 4 is 33.9 Å². The van der Waals surface area contributed by atoms with Crippen LogP contribution in [0.4, 0.5) is 14.5 Å². The third-order valence-corrected chi connectivity index (χ3v) is 3.16. The quantitative estimate of drug-likeness (QED) is 0.414. The third-order valence-electron chi connectivity index (χ3n) is 3.16. The number of non-ortho nitro benzene ring substituents is 1. The molecule has 0 radical (unpaired) electrons. The molecule has 6 nitrogen and oxygen atoms in total. The van der Waals surface area contributed by atoms with E-state index in [1.54, 1.807) is 0 Å². The lowest BCUT2D eigenvalue weighted by molar-refractivity contribution is -0.384. The lowest BCUT2D eigenvalue weighted by Crippen LogP contribution is -2.04. The van der Waals surface area contributed by atoms with E-state index in [2.05, 4.69) is 4.74 Å². The zero-order valence-corrected chi connectivity index (χ0v) is 10.8. The first-order chi connectivity index (χ1) is 10.5. The summed E-state index contributed by atoms with van der Waals surface area (Å²) in [6.45, 7) is -3.09. The molecule has 3 aromatic rings. The molecule has 112 valence electrons. The summed E-state index contributed by atoms with van der Waals surface area (Å²) in [6.07, 6.45) is 0.355. The molecule has 0 saturated heterocycles. The van der Waals surface area contributed by atoms with Crippen molar-refractivity contribution in [2.45, 2.75) is 6.61 Å². The highest BCUT2D eigenvalue weighted by molar-refractivity contribution is 6.14. The first-order valence-electron chi connectivity index (χ1n) is 6.05. The number of benzene rings is 2. The fraction of sp³-hybridized carbons (Fsp3) is 0.0714. The maximum Gasteiger partial charge on any atom is 0.387 e. The summed E-state index contributed by atoms with van der Waals surface area (Å²) in [7, 11) is 0. The van der Waals surface area contributed by atoms with Gasteiger partial charge in [-0.3, -0.25) is 14.9 Å². The molecule has 2 aromatic carbocycles. The molecule has 0 amide bonds. The number of ether oxygens (including phenoxy) is 1. The minimum atomic E-state index is -3.09. The van der Waals surface area contributed by atoms with Gasteiger partial charge in [-0.1, -0.05) is 0 Å². The van der Waals surface area contributed by atoms with Gasteiger partial charge in [-0.15, -0.1) is 0 Å². The van der Waals surface area contributed by atoms with Gasteiger partial charge in [-0.25, -0.2) is 0 Å². The number of hydrogen-bond donors (Lipinski definition) is 0. The third kappa shape index (κ3) is 2.14. The van der Waals surface area contributed by atoms with Crippen LogP contribution in [0.15, 0.2) is 34.7 Å². The van der Waals surface area contributed by atoms with E-state index in [1.807, 2.05) is 0 Å². The van der Waals surface area contributed by atoms with Gasteiger partial charge in [0.15, 0.2) is 6.29 Å². The summed E-state index contributed by atoms with van der Waals surface area (Å²) in [4.78, 5) is 21.5. The normalized spacial score (nSPS) is 11.2. The number of hydrogen-bond acceptors (Lipinski definition) is 5. The van der Waals surface area contributed by atoms with Gasteiger partial charge >= 0.3 is 6.61 Å². The van der Waals surface area contributed by atoms with Crippen LogP contribution < -0.4 is 4.74 Å². The van der Waals surface area contributed by atoms with Crippen LogP contribution in [0.1, 0.15) is 10.4 Å². The van der Waals surface area contributed by atoms with Crippen molar-refractivity contribution in [2.75, 3.05) is 0 Å². The Morgan fingerprint density at radius 1 is 1.23 bits per heavy atom. The predicted octanol–water partition coefficient (Wildman–Crippen LogP) is 3.91. The molecule has 8 heteroatoms. The van der Waals surface area contributed by atoms with Crippen LogP contribution in [-0.2, 0) is 0 Å². The Morgan fingerprint density at radius 3 is 2.59 bits per heavy atom. The van der Waals surface area contributed by atoms with Gasteiger partial charge < -0.3 is 9.15 Å². The van der Waals surface area contributed by atoms with Crippen molar-refractivity contribution in [1.29, 1.82) is 0 Å². The van der Waals surface area contributed by atoms with Crippen LogP contribution in [0.2, 0.25) is 0 Å². The highest BCUT2D eigenvalue weighted by Gasteiger charge is 2.19. The molecule has 0 N–H and O–H groups in total. The highest BCUT2D eigenvalue weighted by atomic mass is 19.3. The fourth-order valence-electron chi connectivity index (χ4n) is 2.29. The topological polar surface area (TPSA) is 82.6 Å². The van der Waals surface area contributed by atoms with Crippen LogP contribution in [0.25, 0.3) is 21.9 Å². The summed E-state index contributed by atoms with van der Waals surface area (Å²) in [5, 5.41) is 11.3. The molecule has 0 spiro atoms. The van der Waals surface area contributed by atoms with Crippen LogP contribution >= 0.6 is 0 Å². The highest BCUT2D eigenvalue weighted by Crippen LogP contribution is 2.37. The zero-order chi connectivity index (χ0) is 15.9. The Hall–Kier alpha value is -3.03. The summed E-state index contributed by atoms with van der Waals surface area (Å²) in [5.74, 6) is -0.313. The number of rotatable bonds is 4. The molecule has 0 saturated carbocycles. The van der Waals surface area contributed by atoms with E-state index in [-0.39, 0.29) is 33.4 Å². The number of fused-ring (bicyclic) bond motifs is 3. The number of nitrogens with zero attached hydrogens (tertiary/aromatic N) is 1. The van der Waals surface area contributed by atoms with Gasteiger partial charge in [0.05, 0.1) is 10.5 Å². The van der Waals surface area contributed by atoms with Crippen LogP contribution in [0.5, 0.6) is 5.75 Å². The minimum Gasteiger partial charge on any atom is -0.456 e. The molecule has 1 heterocycles. The van der Waals surface area contributed by atoms with Gasteiger partial charge in [0.1, 0.15) is 16.9 Å². The van der Waals surface area contributed by atoms with Gasteiger partial charge in [0, 0.05) is 22.9 Å². The molecular weight excluding hydrogens is 300 g/mol. The molecule has 1 aromatic heterocycles. The number of alkyl halides is 2. The number of nitro benzene ring substituents is 1. The SMILES string of the molecule is O=Cc1c(OC(F)F)ccc2oc3ccc([N+](=O)[O-])cc3c12. The van der Waals surface area contributed by atoms with Gasteiger partial charge in [-0.05, 0) is 18.2 Å². The minimum absolute atomic E-state index is 0.142. The van der Waals surface area contributed by atoms with E-state index in [1.165, 1.54) is 30.3 Å². The first kappa shape index (κ1) is 13.9. The van der Waals surface area contributed by atoms with Crippen molar-refractivity contribution in [3.63, 3.8) is 0 Å². The Kier molecular flexibility index (Phi) is 3.21. The maximum atomic E-state index is 12.4. The number of furan rings is 1.